The van der Waals surface area contributed by atoms with Crippen LogP contribution in [0, 0.1) is 20.2 Å². The predicted octanol–water partition coefficient (Wildman–Crippen LogP) is 7.56. The van der Waals surface area contributed by atoms with Gasteiger partial charge in [-0.05, 0) is 23.3 Å². The summed E-state index contributed by atoms with van der Waals surface area (Å²) in [5, 5.41) is 30.8. The first kappa shape index (κ1) is 34.6. The van der Waals surface area contributed by atoms with Gasteiger partial charge in [0.05, 0.1) is 47.2 Å². The van der Waals surface area contributed by atoms with E-state index in [-0.39, 0.29) is 57.7 Å². The molecule has 2 aliphatic heterocycles. The van der Waals surface area contributed by atoms with E-state index in [1.165, 1.54) is 45.8 Å². The van der Waals surface area contributed by atoms with Gasteiger partial charge in [0.2, 0.25) is 11.2 Å². The Hall–Kier alpha value is -5.88. The third kappa shape index (κ3) is 6.08. The number of non-ortho nitro benzene ring substituents is 2. The first-order valence-corrected chi connectivity index (χ1v) is 15.4. The molecule has 2 fully saturated rings. The minimum atomic E-state index is -4.62. The van der Waals surface area contributed by atoms with Gasteiger partial charge in [-0.25, -0.2) is 0 Å². The zero-order valence-corrected chi connectivity index (χ0v) is 26.5. The van der Waals surface area contributed by atoms with Crippen LogP contribution in [0.4, 0.5) is 37.7 Å². The zero-order valence-electron chi connectivity index (χ0n) is 26.5. The fourth-order valence-corrected chi connectivity index (χ4v) is 5.92. The maximum Gasteiger partial charge on any atom is 0.425 e. The lowest BCUT2D eigenvalue weighted by atomic mass is 10.0. The predicted molar refractivity (Wildman–Crippen MR) is 171 cm³/mol. The Morgan fingerprint density at radius 3 is 1.25 bits per heavy atom. The molecular formula is C34H24F6N6O6. The molecule has 0 spiro atoms. The Balaban J connectivity index is 0.000000162. The summed E-state index contributed by atoms with van der Waals surface area (Å²) < 4.78 is 93.0. The van der Waals surface area contributed by atoms with Gasteiger partial charge in [-0.2, -0.15) is 36.5 Å². The molecule has 8 rings (SSSR count). The second-order valence-electron chi connectivity index (χ2n) is 12.1. The fraction of sp³-hybridized carbons (Fsp3) is 0.235. The van der Waals surface area contributed by atoms with E-state index in [0.29, 0.717) is 0 Å². The number of nitro benzene ring substituents is 2. The molecule has 0 radical (unpaired) electrons. The maximum absolute atomic E-state index is 13.5. The Labute approximate surface area is 288 Å². The molecule has 12 nitrogen and oxygen atoms in total. The van der Waals surface area contributed by atoms with Gasteiger partial charge in [-0.15, -0.1) is 0 Å². The highest BCUT2D eigenvalue weighted by molar-refractivity contribution is 5.86. The van der Waals surface area contributed by atoms with Crippen LogP contribution in [-0.4, -0.2) is 55.0 Å². The van der Waals surface area contributed by atoms with Crippen molar-refractivity contribution in [3.05, 3.63) is 140 Å². The minimum absolute atomic E-state index is 0.187. The van der Waals surface area contributed by atoms with E-state index in [1.807, 2.05) is 12.1 Å². The number of hydrogen-bond acceptors (Lipinski definition) is 8. The van der Waals surface area contributed by atoms with Crippen molar-refractivity contribution in [3.8, 4) is 0 Å². The highest BCUT2D eigenvalue weighted by Gasteiger charge is 2.70. The number of aromatic nitrogens is 4. The van der Waals surface area contributed by atoms with Crippen LogP contribution in [0.5, 0.6) is 0 Å². The largest absolute Gasteiger partial charge is 0.425 e. The Kier molecular flexibility index (Phi) is 8.25. The lowest BCUT2D eigenvalue weighted by molar-refractivity contribution is -0.384. The van der Waals surface area contributed by atoms with Crippen molar-refractivity contribution in [2.75, 3.05) is 13.2 Å². The summed E-state index contributed by atoms with van der Waals surface area (Å²) >= 11 is 0. The topological polar surface area (TPSA) is 147 Å². The van der Waals surface area contributed by atoms with E-state index < -0.39 is 46.6 Å². The summed E-state index contributed by atoms with van der Waals surface area (Å²) in [6.45, 7) is -0.644. The monoisotopic (exact) mass is 726 g/mol. The number of nitrogens with zero attached hydrogens (tertiary/aromatic N) is 6. The first-order chi connectivity index (χ1) is 24.6. The van der Waals surface area contributed by atoms with Gasteiger partial charge < -0.3 is 9.47 Å². The molecular weight excluding hydrogens is 702 g/mol. The molecule has 0 bridgehead atoms. The molecule has 0 aliphatic carbocycles. The SMILES string of the molecule is O=[N+]([O-])c1ccc2c(C3(C(F)(F)F)CO3)nn(Cc3ccccc3)c2c1.O=[N+]([O-])c1ccc2c(C3(C(F)(F)F)CO3)nn(Cc3ccccc3)c2c1. The van der Waals surface area contributed by atoms with Crippen LogP contribution < -0.4 is 0 Å². The van der Waals surface area contributed by atoms with Crippen molar-refractivity contribution >= 4 is 33.2 Å². The summed E-state index contributed by atoms with van der Waals surface area (Å²) in [5.74, 6) is 0. The van der Waals surface area contributed by atoms with Crippen molar-refractivity contribution in [2.24, 2.45) is 0 Å². The van der Waals surface area contributed by atoms with Crippen molar-refractivity contribution in [1.82, 2.24) is 19.6 Å². The third-order valence-corrected chi connectivity index (χ3v) is 8.79. The van der Waals surface area contributed by atoms with E-state index >= 15 is 0 Å². The molecule has 4 heterocycles. The molecule has 2 unspecified atom stereocenters. The maximum atomic E-state index is 13.5. The van der Waals surface area contributed by atoms with Gasteiger partial charge in [0.1, 0.15) is 11.4 Å². The first-order valence-electron chi connectivity index (χ1n) is 15.4. The number of epoxide rings is 2. The zero-order chi connectivity index (χ0) is 37.1. The van der Waals surface area contributed by atoms with Crippen LogP contribution in [-0.2, 0) is 33.8 Å². The van der Waals surface area contributed by atoms with Crippen LogP contribution in [0.3, 0.4) is 0 Å². The molecule has 2 atom stereocenters. The Morgan fingerprint density at radius 2 is 0.962 bits per heavy atom. The number of alkyl halides is 6. The van der Waals surface area contributed by atoms with E-state index in [0.717, 1.165) is 11.1 Å². The number of benzene rings is 4. The number of fused-ring (bicyclic) bond motifs is 2. The molecule has 0 amide bonds. The number of rotatable bonds is 8. The molecule has 18 heteroatoms. The Morgan fingerprint density at radius 1 is 0.615 bits per heavy atom. The van der Waals surface area contributed by atoms with Crippen molar-refractivity contribution in [2.45, 2.75) is 36.6 Å². The Bertz CT molecular complexity index is 2150. The molecule has 268 valence electrons. The molecule has 0 N–H and O–H groups in total. The molecule has 2 aromatic heterocycles. The van der Waals surface area contributed by atoms with Crippen molar-refractivity contribution in [1.29, 1.82) is 0 Å². The standard InChI is InChI=1S/2C17H12F3N3O3/c2*18-17(19,20)16(10-26-16)15-13-7-6-12(23(24)25)8-14(13)22(21-15)9-11-4-2-1-3-5-11/h2*1-8H,9-10H2. The van der Waals surface area contributed by atoms with Crippen LogP contribution in [0.25, 0.3) is 21.8 Å². The molecule has 2 saturated heterocycles. The smallest absolute Gasteiger partial charge is 0.354 e. The summed E-state index contributed by atoms with van der Waals surface area (Å²) in [5.41, 5.74) is -3.68. The molecule has 4 aromatic carbocycles. The summed E-state index contributed by atoms with van der Waals surface area (Å²) in [4.78, 5) is 20.9. The summed E-state index contributed by atoms with van der Waals surface area (Å²) in [6, 6.07) is 25.5. The highest BCUT2D eigenvalue weighted by Crippen LogP contribution is 2.54. The second-order valence-corrected chi connectivity index (χ2v) is 12.1. The van der Waals surface area contributed by atoms with Gasteiger partial charge in [0, 0.05) is 35.0 Å². The quantitative estimate of drug-likeness (QED) is 0.0676. The summed E-state index contributed by atoms with van der Waals surface area (Å²) in [7, 11) is 0. The summed E-state index contributed by atoms with van der Waals surface area (Å²) in [6.07, 6.45) is -9.23. The van der Waals surface area contributed by atoms with Crippen LogP contribution in [0.2, 0.25) is 0 Å². The van der Waals surface area contributed by atoms with Gasteiger partial charge in [-0.3, -0.25) is 29.6 Å². The van der Waals surface area contributed by atoms with Gasteiger partial charge in [0.25, 0.3) is 11.4 Å². The lowest BCUT2D eigenvalue weighted by Crippen LogP contribution is -2.31. The molecule has 52 heavy (non-hydrogen) atoms. The lowest BCUT2D eigenvalue weighted by Gasteiger charge is -2.13. The number of ether oxygens (including phenoxy) is 2. The van der Waals surface area contributed by atoms with Crippen LogP contribution >= 0.6 is 0 Å². The fourth-order valence-electron chi connectivity index (χ4n) is 5.92. The highest BCUT2D eigenvalue weighted by atomic mass is 19.4. The third-order valence-electron chi connectivity index (χ3n) is 8.79. The number of halogens is 6. The number of nitro groups is 2. The van der Waals surface area contributed by atoms with Crippen LogP contribution in [0.15, 0.2) is 97.1 Å². The van der Waals surface area contributed by atoms with Gasteiger partial charge >= 0.3 is 12.4 Å². The van der Waals surface area contributed by atoms with E-state index in [2.05, 4.69) is 10.2 Å². The normalized spacial score (nSPS) is 19.7. The van der Waals surface area contributed by atoms with E-state index in [1.54, 1.807) is 48.5 Å². The second kappa shape index (κ2) is 12.4. The molecule has 0 saturated carbocycles. The average molecular weight is 727 g/mol. The van der Waals surface area contributed by atoms with Crippen LogP contribution in [0.1, 0.15) is 22.5 Å². The van der Waals surface area contributed by atoms with E-state index in [4.69, 9.17) is 9.47 Å². The van der Waals surface area contributed by atoms with Gasteiger partial charge in [-0.1, -0.05) is 60.7 Å². The molecule has 6 aromatic rings. The molecule has 2 aliphatic rings. The van der Waals surface area contributed by atoms with Gasteiger partial charge in [0.15, 0.2) is 0 Å². The minimum Gasteiger partial charge on any atom is -0.354 e. The number of hydrogen-bond donors (Lipinski definition) is 0. The van der Waals surface area contributed by atoms with Crippen molar-refractivity contribution in [3.63, 3.8) is 0 Å². The average Bonchev–Trinajstić information content (AvgIpc) is 4.03. The van der Waals surface area contributed by atoms with E-state index in [9.17, 15) is 46.6 Å². The van der Waals surface area contributed by atoms with Crippen molar-refractivity contribution < 1.29 is 45.7 Å².